The van der Waals surface area contributed by atoms with Gasteiger partial charge in [-0.1, -0.05) is 12.1 Å². The summed E-state index contributed by atoms with van der Waals surface area (Å²) in [6.07, 6.45) is 0.486. The van der Waals surface area contributed by atoms with Gasteiger partial charge in [0.15, 0.2) is 5.72 Å². The van der Waals surface area contributed by atoms with Gasteiger partial charge in [0.25, 0.3) is 0 Å². The van der Waals surface area contributed by atoms with Gasteiger partial charge >= 0.3 is 6.09 Å². The van der Waals surface area contributed by atoms with E-state index in [9.17, 15) is 4.79 Å². The number of nitrogen functional groups attached to an aromatic ring is 1. The molecule has 1 heterocycles. The predicted molar refractivity (Wildman–Crippen MR) is 63.5 cm³/mol. The minimum atomic E-state index is -1.01. The molecule has 0 spiro atoms. The molecule has 1 amide bonds. The summed E-state index contributed by atoms with van der Waals surface area (Å²) in [6.45, 7) is 0.562. The van der Waals surface area contributed by atoms with Crippen molar-refractivity contribution in [1.29, 1.82) is 0 Å². The fourth-order valence-corrected chi connectivity index (χ4v) is 2.25. The van der Waals surface area contributed by atoms with Crippen LogP contribution in [0.25, 0.3) is 0 Å². The minimum absolute atomic E-state index is 0.562. The lowest BCUT2D eigenvalue weighted by Gasteiger charge is -2.36. The van der Waals surface area contributed by atoms with Crippen molar-refractivity contribution in [2.45, 2.75) is 18.6 Å². The molecule has 0 aromatic heterocycles. The second kappa shape index (κ2) is 4.25. The van der Waals surface area contributed by atoms with Crippen LogP contribution in [0.3, 0.4) is 0 Å². The van der Waals surface area contributed by atoms with Crippen LogP contribution in [0.1, 0.15) is 18.4 Å². The molecule has 17 heavy (non-hydrogen) atoms. The summed E-state index contributed by atoms with van der Waals surface area (Å²) in [5, 5.41) is 9.15. The number of carboxylic acid groups (broad SMARTS) is 1. The van der Waals surface area contributed by atoms with Crippen molar-refractivity contribution in [3.05, 3.63) is 29.8 Å². The highest BCUT2D eigenvalue weighted by molar-refractivity contribution is 5.66. The first-order valence-corrected chi connectivity index (χ1v) is 5.53. The normalized spacial score (nSPS) is 23.6. The molecule has 2 rings (SSSR count). The maximum atomic E-state index is 11.2. The van der Waals surface area contributed by atoms with Gasteiger partial charge in [0.1, 0.15) is 0 Å². The number of ether oxygens (including phenoxy) is 1. The van der Waals surface area contributed by atoms with Gasteiger partial charge in [-0.25, -0.2) is 4.79 Å². The Kier molecular flexibility index (Phi) is 2.93. The third-order valence-electron chi connectivity index (χ3n) is 3.17. The SMILES string of the molecule is CN(C(=O)O)C1(c2cccc(N)c2)CCCO1. The summed E-state index contributed by atoms with van der Waals surface area (Å²) < 4.78 is 5.69. The number of hydrogen-bond acceptors (Lipinski definition) is 3. The van der Waals surface area contributed by atoms with Gasteiger partial charge < -0.3 is 15.6 Å². The fourth-order valence-electron chi connectivity index (χ4n) is 2.25. The molecule has 1 aromatic carbocycles. The zero-order valence-electron chi connectivity index (χ0n) is 9.72. The second-order valence-electron chi connectivity index (χ2n) is 4.20. The largest absolute Gasteiger partial charge is 0.465 e. The molecule has 3 N–H and O–H groups in total. The van der Waals surface area contributed by atoms with Crippen molar-refractivity contribution in [3.63, 3.8) is 0 Å². The molecule has 1 saturated heterocycles. The van der Waals surface area contributed by atoms with Gasteiger partial charge in [-0.3, -0.25) is 4.90 Å². The molecule has 0 saturated carbocycles. The Morgan fingerprint density at radius 3 is 2.88 bits per heavy atom. The van der Waals surface area contributed by atoms with E-state index >= 15 is 0 Å². The molecule has 1 fully saturated rings. The van der Waals surface area contributed by atoms with Crippen molar-refractivity contribution >= 4 is 11.8 Å². The number of anilines is 1. The highest BCUT2D eigenvalue weighted by Crippen LogP contribution is 2.39. The summed E-state index contributed by atoms with van der Waals surface area (Å²) >= 11 is 0. The lowest BCUT2D eigenvalue weighted by Crippen LogP contribution is -2.46. The summed E-state index contributed by atoms with van der Waals surface area (Å²) in [6, 6.07) is 7.20. The van der Waals surface area contributed by atoms with E-state index in [1.807, 2.05) is 12.1 Å². The fraction of sp³-hybridized carbons (Fsp3) is 0.417. The number of carbonyl (C=O) groups is 1. The Balaban J connectivity index is 2.44. The van der Waals surface area contributed by atoms with Crippen LogP contribution in [0.15, 0.2) is 24.3 Å². The van der Waals surface area contributed by atoms with Gasteiger partial charge in [-0.2, -0.15) is 0 Å². The molecule has 1 aliphatic rings. The van der Waals surface area contributed by atoms with Crippen LogP contribution in [0.5, 0.6) is 0 Å². The van der Waals surface area contributed by atoms with Crippen LogP contribution in [-0.2, 0) is 10.5 Å². The first-order valence-electron chi connectivity index (χ1n) is 5.53. The lowest BCUT2D eigenvalue weighted by atomic mass is 9.98. The Morgan fingerprint density at radius 2 is 2.35 bits per heavy atom. The highest BCUT2D eigenvalue weighted by atomic mass is 16.5. The summed E-state index contributed by atoms with van der Waals surface area (Å²) in [5.41, 5.74) is 6.25. The molecule has 1 aliphatic heterocycles. The monoisotopic (exact) mass is 236 g/mol. The van der Waals surface area contributed by atoms with Crippen molar-refractivity contribution in [2.75, 3.05) is 19.4 Å². The van der Waals surface area contributed by atoms with Crippen molar-refractivity contribution in [1.82, 2.24) is 4.90 Å². The van der Waals surface area contributed by atoms with Crippen LogP contribution < -0.4 is 5.73 Å². The molecule has 0 aliphatic carbocycles. The van der Waals surface area contributed by atoms with E-state index in [4.69, 9.17) is 15.6 Å². The van der Waals surface area contributed by atoms with Gasteiger partial charge in [0.2, 0.25) is 0 Å². The van der Waals surface area contributed by atoms with Crippen LogP contribution in [0.2, 0.25) is 0 Å². The van der Waals surface area contributed by atoms with Gasteiger partial charge in [-0.15, -0.1) is 0 Å². The van der Waals surface area contributed by atoms with E-state index in [1.54, 1.807) is 12.1 Å². The van der Waals surface area contributed by atoms with E-state index in [0.29, 0.717) is 18.7 Å². The van der Waals surface area contributed by atoms with Crippen LogP contribution in [0, 0.1) is 0 Å². The van der Waals surface area contributed by atoms with Crippen LogP contribution in [-0.4, -0.2) is 29.8 Å². The Morgan fingerprint density at radius 1 is 1.59 bits per heavy atom. The van der Waals surface area contributed by atoms with E-state index in [2.05, 4.69) is 0 Å². The number of hydrogen-bond donors (Lipinski definition) is 2. The zero-order chi connectivity index (χ0) is 12.5. The minimum Gasteiger partial charge on any atom is -0.465 e. The quantitative estimate of drug-likeness (QED) is 0.768. The molecule has 0 radical (unpaired) electrons. The van der Waals surface area contributed by atoms with Crippen LogP contribution in [0.4, 0.5) is 10.5 Å². The number of rotatable bonds is 2. The molecule has 1 atom stereocenters. The number of nitrogens with zero attached hydrogens (tertiary/aromatic N) is 1. The second-order valence-corrected chi connectivity index (χ2v) is 4.20. The molecule has 92 valence electrons. The summed E-state index contributed by atoms with van der Waals surface area (Å²) in [5.74, 6) is 0. The maximum absolute atomic E-state index is 11.2. The first kappa shape index (κ1) is 11.7. The van der Waals surface area contributed by atoms with Crippen molar-refractivity contribution in [2.24, 2.45) is 0 Å². The maximum Gasteiger partial charge on any atom is 0.409 e. The average Bonchev–Trinajstić information content (AvgIpc) is 2.78. The molecule has 0 bridgehead atoms. The highest BCUT2D eigenvalue weighted by Gasteiger charge is 2.43. The molecule has 5 nitrogen and oxygen atoms in total. The Bertz CT molecular complexity index is 428. The Labute approximate surface area is 99.8 Å². The Hall–Kier alpha value is -1.75. The molecular weight excluding hydrogens is 220 g/mol. The van der Waals surface area contributed by atoms with E-state index < -0.39 is 11.8 Å². The molecule has 1 aromatic rings. The third-order valence-corrected chi connectivity index (χ3v) is 3.17. The first-order chi connectivity index (χ1) is 8.06. The van der Waals surface area contributed by atoms with Gasteiger partial charge in [0, 0.05) is 24.7 Å². The lowest BCUT2D eigenvalue weighted by molar-refractivity contribution is -0.103. The topological polar surface area (TPSA) is 75.8 Å². The molecular formula is C12H16N2O3. The zero-order valence-corrected chi connectivity index (χ0v) is 9.72. The van der Waals surface area contributed by atoms with Gasteiger partial charge in [-0.05, 0) is 18.6 Å². The smallest absolute Gasteiger partial charge is 0.409 e. The van der Waals surface area contributed by atoms with Crippen LogP contribution >= 0.6 is 0 Å². The third kappa shape index (κ3) is 1.93. The number of nitrogens with two attached hydrogens (primary N) is 1. The average molecular weight is 236 g/mol. The summed E-state index contributed by atoms with van der Waals surface area (Å²) in [4.78, 5) is 12.4. The van der Waals surface area contributed by atoms with Crippen molar-refractivity contribution in [3.8, 4) is 0 Å². The van der Waals surface area contributed by atoms with E-state index in [0.717, 1.165) is 12.0 Å². The number of benzene rings is 1. The van der Waals surface area contributed by atoms with Crippen molar-refractivity contribution < 1.29 is 14.6 Å². The van der Waals surface area contributed by atoms with Gasteiger partial charge in [0.05, 0.1) is 6.61 Å². The van der Waals surface area contributed by atoms with E-state index in [-0.39, 0.29) is 0 Å². The molecule has 5 heteroatoms. The predicted octanol–water partition coefficient (Wildman–Crippen LogP) is 1.84. The standard InChI is InChI=1S/C12H16N2O3/c1-14(11(15)16)12(6-3-7-17-12)9-4-2-5-10(13)8-9/h2,4-5,8H,3,6-7,13H2,1H3,(H,15,16). The molecule has 1 unspecified atom stereocenters. The van der Waals surface area contributed by atoms with E-state index in [1.165, 1.54) is 11.9 Å². The number of amides is 1. The summed E-state index contributed by atoms with van der Waals surface area (Å²) in [7, 11) is 1.52.